The second kappa shape index (κ2) is 10.5. The molecule has 0 fully saturated rings. The van der Waals surface area contributed by atoms with E-state index in [2.05, 4.69) is 25.7 Å². The summed E-state index contributed by atoms with van der Waals surface area (Å²) in [7, 11) is 5.75. The normalized spacial score (nSPS) is 13.5. The Morgan fingerprint density at radius 2 is 2.07 bits per heavy atom. The summed E-state index contributed by atoms with van der Waals surface area (Å²) in [6.45, 7) is 5.25. The predicted molar refractivity (Wildman–Crippen MR) is 120 cm³/mol. The lowest BCUT2D eigenvalue weighted by Crippen LogP contribution is -2.44. The lowest BCUT2D eigenvalue weighted by Gasteiger charge is -2.23. The van der Waals surface area contributed by atoms with E-state index in [9.17, 15) is 5.11 Å². The van der Waals surface area contributed by atoms with E-state index in [0.717, 1.165) is 23.6 Å². The van der Waals surface area contributed by atoms with Crippen LogP contribution in [0.15, 0.2) is 35.6 Å². The topological polar surface area (TPSA) is 90.6 Å². The SMILES string of the molecule is CCNC(=NCc1cccc(N(C)C)n1)NCC(C)(O)c1cnn(C)c1.I. The molecule has 0 aliphatic heterocycles. The first kappa shape index (κ1) is 23.2. The van der Waals surface area contributed by atoms with Crippen molar-refractivity contribution in [3.63, 3.8) is 0 Å². The zero-order chi connectivity index (χ0) is 19.2. The number of hydrogen-bond acceptors (Lipinski definition) is 5. The van der Waals surface area contributed by atoms with Crippen LogP contribution in [-0.2, 0) is 19.2 Å². The molecule has 0 amide bonds. The van der Waals surface area contributed by atoms with Crippen LogP contribution in [0.2, 0.25) is 0 Å². The molecule has 0 radical (unpaired) electrons. The van der Waals surface area contributed by atoms with Gasteiger partial charge < -0.3 is 20.6 Å². The fraction of sp³-hybridized carbons (Fsp3) is 0.500. The molecule has 2 aromatic heterocycles. The summed E-state index contributed by atoms with van der Waals surface area (Å²) in [5.41, 5.74) is 0.587. The highest BCUT2D eigenvalue weighted by molar-refractivity contribution is 14.0. The standard InChI is InChI=1S/C18H29N7O.HI/c1-6-19-17(20-11-15-8-7-9-16(23-15)24(3)4)21-13-18(2,26)14-10-22-25(5)12-14;/h7-10,12,26H,6,11,13H2,1-5H3,(H2,19,20,21);1H. The van der Waals surface area contributed by atoms with Crippen LogP contribution in [0.5, 0.6) is 0 Å². The van der Waals surface area contributed by atoms with Gasteiger partial charge in [0.25, 0.3) is 0 Å². The van der Waals surface area contributed by atoms with Gasteiger partial charge in [0, 0.05) is 39.4 Å². The molecule has 1 unspecified atom stereocenters. The van der Waals surface area contributed by atoms with Crippen LogP contribution < -0.4 is 15.5 Å². The molecular weight excluding hydrogens is 457 g/mol. The molecule has 2 rings (SSSR count). The zero-order valence-corrected chi connectivity index (χ0v) is 18.9. The zero-order valence-electron chi connectivity index (χ0n) is 16.6. The van der Waals surface area contributed by atoms with E-state index in [1.54, 1.807) is 17.8 Å². The number of aliphatic imine (C=N–C) groups is 1. The van der Waals surface area contributed by atoms with Crippen LogP contribution in [0.3, 0.4) is 0 Å². The van der Waals surface area contributed by atoms with Gasteiger partial charge in [-0.05, 0) is 26.0 Å². The third-order valence-corrected chi connectivity index (χ3v) is 3.92. The number of nitrogens with zero attached hydrogens (tertiary/aromatic N) is 5. The first-order chi connectivity index (χ1) is 12.3. The van der Waals surface area contributed by atoms with Crippen LogP contribution in [0, 0.1) is 0 Å². The summed E-state index contributed by atoms with van der Waals surface area (Å²) in [5.74, 6) is 1.53. The number of aliphatic hydroxyl groups is 1. The number of anilines is 1. The Bertz CT molecular complexity index is 743. The van der Waals surface area contributed by atoms with Crippen molar-refractivity contribution in [2.45, 2.75) is 26.0 Å². The van der Waals surface area contributed by atoms with Crippen molar-refractivity contribution in [3.8, 4) is 0 Å². The predicted octanol–water partition coefficient (Wildman–Crippen LogP) is 1.46. The van der Waals surface area contributed by atoms with Gasteiger partial charge in [0.15, 0.2) is 5.96 Å². The van der Waals surface area contributed by atoms with Crippen molar-refractivity contribution < 1.29 is 5.11 Å². The lowest BCUT2D eigenvalue weighted by molar-refractivity contribution is 0.0616. The molecule has 0 saturated carbocycles. The molecule has 3 N–H and O–H groups in total. The largest absolute Gasteiger partial charge is 0.383 e. The number of nitrogens with one attached hydrogen (secondary N) is 2. The van der Waals surface area contributed by atoms with Crippen LogP contribution in [0.4, 0.5) is 5.82 Å². The van der Waals surface area contributed by atoms with E-state index in [4.69, 9.17) is 0 Å². The van der Waals surface area contributed by atoms with Gasteiger partial charge in [0.2, 0.25) is 0 Å². The van der Waals surface area contributed by atoms with Gasteiger partial charge in [-0.25, -0.2) is 9.98 Å². The fourth-order valence-electron chi connectivity index (χ4n) is 2.36. The molecule has 2 aromatic rings. The van der Waals surface area contributed by atoms with Gasteiger partial charge in [-0.1, -0.05) is 6.07 Å². The summed E-state index contributed by atoms with van der Waals surface area (Å²) >= 11 is 0. The van der Waals surface area contributed by atoms with E-state index in [1.807, 2.05) is 57.4 Å². The van der Waals surface area contributed by atoms with Crippen LogP contribution in [-0.4, -0.2) is 53.0 Å². The van der Waals surface area contributed by atoms with Gasteiger partial charge in [-0.15, -0.1) is 24.0 Å². The van der Waals surface area contributed by atoms with E-state index >= 15 is 0 Å². The number of guanidine groups is 1. The maximum absolute atomic E-state index is 10.7. The Hall–Kier alpha value is -1.88. The third-order valence-electron chi connectivity index (χ3n) is 3.92. The molecule has 150 valence electrons. The summed E-state index contributed by atoms with van der Waals surface area (Å²) < 4.78 is 1.67. The van der Waals surface area contributed by atoms with Crippen molar-refractivity contribution in [2.24, 2.45) is 12.0 Å². The van der Waals surface area contributed by atoms with Gasteiger partial charge in [0.05, 0.1) is 25.0 Å². The number of aryl methyl sites for hydroxylation is 1. The number of rotatable bonds is 7. The summed E-state index contributed by atoms with van der Waals surface area (Å²) in [6, 6.07) is 5.88. The number of aromatic nitrogens is 3. The quantitative estimate of drug-likeness (QED) is 0.311. The highest BCUT2D eigenvalue weighted by Gasteiger charge is 2.24. The van der Waals surface area contributed by atoms with Gasteiger partial charge in [-0.2, -0.15) is 5.10 Å². The second-order valence-electron chi connectivity index (χ2n) is 6.61. The highest BCUT2D eigenvalue weighted by Crippen LogP contribution is 2.18. The number of hydrogen-bond donors (Lipinski definition) is 3. The Morgan fingerprint density at radius 3 is 2.67 bits per heavy atom. The van der Waals surface area contributed by atoms with E-state index < -0.39 is 5.60 Å². The van der Waals surface area contributed by atoms with Crippen molar-refractivity contribution in [3.05, 3.63) is 41.9 Å². The summed E-state index contributed by atoms with van der Waals surface area (Å²) in [6.07, 6.45) is 3.48. The first-order valence-electron chi connectivity index (χ1n) is 8.68. The van der Waals surface area contributed by atoms with Gasteiger partial charge in [0.1, 0.15) is 11.4 Å². The molecule has 1 atom stereocenters. The minimum atomic E-state index is -1.05. The fourth-order valence-corrected chi connectivity index (χ4v) is 2.36. The molecule has 8 nitrogen and oxygen atoms in total. The highest BCUT2D eigenvalue weighted by atomic mass is 127. The third kappa shape index (κ3) is 6.98. The lowest BCUT2D eigenvalue weighted by atomic mass is 10.00. The summed E-state index contributed by atoms with van der Waals surface area (Å²) in [5, 5.41) is 21.2. The summed E-state index contributed by atoms with van der Waals surface area (Å²) in [4.78, 5) is 11.1. The maximum Gasteiger partial charge on any atom is 0.191 e. The monoisotopic (exact) mass is 487 g/mol. The average Bonchev–Trinajstić information content (AvgIpc) is 3.05. The molecule has 9 heteroatoms. The smallest absolute Gasteiger partial charge is 0.191 e. The molecule has 2 heterocycles. The Morgan fingerprint density at radius 1 is 1.33 bits per heavy atom. The average molecular weight is 487 g/mol. The minimum Gasteiger partial charge on any atom is -0.383 e. The Kier molecular flexibility index (Phi) is 8.97. The van der Waals surface area contributed by atoms with Crippen molar-refractivity contribution >= 4 is 35.8 Å². The van der Waals surface area contributed by atoms with Gasteiger partial charge >= 0.3 is 0 Å². The minimum absolute atomic E-state index is 0. The van der Waals surface area contributed by atoms with Gasteiger partial charge in [-0.3, -0.25) is 4.68 Å². The molecule has 27 heavy (non-hydrogen) atoms. The van der Waals surface area contributed by atoms with Crippen molar-refractivity contribution in [2.75, 3.05) is 32.1 Å². The Labute approximate surface area is 178 Å². The van der Waals surface area contributed by atoms with Crippen molar-refractivity contribution in [1.82, 2.24) is 25.4 Å². The van der Waals surface area contributed by atoms with E-state index in [1.165, 1.54) is 0 Å². The van der Waals surface area contributed by atoms with Crippen LogP contribution >= 0.6 is 24.0 Å². The number of halogens is 1. The number of pyridine rings is 1. The molecule has 0 saturated heterocycles. The molecule has 0 aromatic carbocycles. The van der Waals surface area contributed by atoms with Crippen LogP contribution in [0.1, 0.15) is 25.1 Å². The molecule has 0 aliphatic rings. The second-order valence-corrected chi connectivity index (χ2v) is 6.61. The van der Waals surface area contributed by atoms with E-state index in [0.29, 0.717) is 19.0 Å². The van der Waals surface area contributed by atoms with E-state index in [-0.39, 0.29) is 24.0 Å². The molecule has 0 bridgehead atoms. The first-order valence-corrected chi connectivity index (χ1v) is 8.68. The Balaban J connectivity index is 0.00000364. The molecule has 0 spiro atoms. The molecular formula is C18H30IN7O. The molecule has 0 aliphatic carbocycles. The van der Waals surface area contributed by atoms with Crippen LogP contribution in [0.25, 0.3) is 0 Å². The van der Waals surface area contributed by atoms with Crippen molar-refractivity contribution in [1.29, 1.82) is 0 Å². The maximum atomic E-state index is 10.7.